The van der Waals surface area contributed by atoms with Gasteiger partial charge in [0, 0.05) is 17.4 Å². The standard InChI is InChI=1S/C17H22N4O3S3/c1-11(2)25-17-20-19-16(26-17)18-15(22)13-7-6-12(3)14(10-13)21-8-4-5-9-27(21,23)24/h6-7,10-11H,4-5,8-9H2,1-3H3,(H,18,19,22). The maximum absolute atomic E-state index is 12.6. The van der Waals surface area contributed by atoms with Crippen LogP contribution in [0.15, 0.2) is 22.5 Å². The molecule has 0 atom stereocenters. The van der Waals surface area contributed by atoms with E-state index < -0.39 is 10.0 Å². The first-order valence-electron chi connectivity index (χ1n) is 8.69. The van der Waals surface area contributed by atoms with E-state index >= 15 is 0 Å². The third kappa shape index (κ3) is 4.80. The van der Waals surface area contributed by atoms with Crippen molar-refractivity contribution in [2.24, 2.45) is 0 Å². The van der Waals surface area contributed by atoms with Gasteiger partial charge in [0.05, 0.1) is 11.4 Å². The second-order valence-corrected chi connectivity index (χ2v) is 11.4. The predicted octanol–water partition coefficient (Wildman–Crippen LogP) is 3.53. The first-order chi connectivity index (χ1) is 12.8. The Labute approximate surface area is 167 Å². The molecule has 3 rings (SSSR count). The van der Waals surface area contributed by atoms with Gasteiger partial charge in [-0.25, -0.2) is 8.42 Å². The molecule has 10 heteroatoms. The van der Waals surface area contributed by atoms with Crippen molar-refractivity contribution in [2.75, 3.05) is 21.9 Å². The Morgan fingerprint density at radius 2 is 2.07 bits per heavy atom. The van der Waals surface area contributed by atoms with Crippen LogP contribution < -0.4 is 9.62 Å². The highest BCUT2D eigenvalue weighted by Crippen LogP contribution is 2.30. The lowest BCUT2D eigenvalue weighted by atomic mass is 10.1. The van der Waals surface area contributed by atoms with E-state index in [-0.39, 0.29) is 11.7 Å². The molecule has 1 aliphatic rings. The van der Waals surface area contributed by atoms with E-state index in [2.05, 4.69) is 29.4 Å². The normalized spacial score (nSPS) is 16.5. The summed E-state index contributed by atoms with van der Waals surface area (Å²) in [5, 5.41) is 11.6. The monoisotopic (exact) mass is 426 g/mol. The number of nitrogens with zero attached hydrogens (tertiary/aromatic N) is 3. The molecule has 1 saturated heterocycles. The van der Waals surface area contributed by atoms with Gasteiger partial charge in [-0.15, -0.1) is 10.2 Å². The molecule has 1 aliphatic heterocycles. The highest BCUT2D eigenvalue weighted by Gasteiger charge is 2.27. The number of hydrogen-bond acceptors (Lipinski definition) is 7. The highest BCUT2D eigenvalue weighted by atomic mass is 32.2. The fourth-order valence-corrected chi connectivity index (χ4v) is 6.42. The van der Waals surface area contributed by atoms with E-state index in [4.69, 9.17) is 0 Å². The fourth-order valence-electron chi connectivity index (χ4n) is 2.76. The topological polar surface area (TPSA) is 92.3 Å². The van der Waals surface area contributed by atoms with Crippen LogP contribution in [0.1, 0.15) is 42.6 Å². The molecule has 0 saturated carbocycles. The highest BCUT2D eigenvalue weighted by molar-refractivity contribution is 8.01. The van der Waals surface area contributed by atoms with Crippen molar-refractivity contribution in [3.8, 4) is 0 Å². The van der Waals surface area contributed by atoms with Gasteiger partial charge in [-0.3, -0.25) is 14.4 Å². The Bertz CT molecular complexity index is 941. The van der Waals surface area contributed by atoms with Crippen molar-refractivity contribution in [1.29, 1.82) is 0 Å². The quantitative estimate of drug-likeness (QED) is 0.581. The number of benzene rings is 1. The third-order valence-corrected chi connectivity index (χ3v) is 7.83. The first-order valence-corrected chi connectivity index (χ1v) is 12.0. The molecule has 7 nitrogen and oxygen atoms in total. The van der Waals surface area contributed by atoms with Crippen LogP contribution in [0, 0.1) is 6.92 Å². The number of sulfonamides is 1. The molecular weight excluding hydrogens is 404 g/mol. The lowest BCUT2D eigenvalue weighted by molar-refractivity contribution is 0.102. The number of rotatable bonds is 5. The van der Waals surface area contributed by atoms with Crippen LogP contribution in [0.4, 0.5) is 10.8 Å². The molecule has 0 spiro atoms. The van der Waals surface area contributed by atoms with Crippen LogP contribution in [-0.4, -0.2) is 42.1 Å². The predicted molar refractivity (Wildman–Crippen MR) is 110 cm³/mol. The van der Waals surface area contributed by atoms with Crippen LogP contribution in [0.3, 0.4) is 0 Å². The molecule has 1 amide bonds. The second-order valence-electron chi connectivity index (χ2n) is 6.59. The van der Waals surface area contributed by atoms with Gasteiger partial charge in [0.15, 0.2) is 4.34 Å². The van der Waals surface area contributed by atoms with Gasteiger partial charge < -0.3 is 0 Å². The molecule has 2 heterocycles. The van der Waals surface area contributed by atoms with Gasteiger partial charge in [-0.2, -0.15) is 0 Å². The minimum Gasteiger partial charge on any atom is -0.296 e. The van der Waals surface area contributed by atoms with Gasteiger partial charge in [-0.1, -0.05) is 43.0 Å². The number of aryl methyl sites for hydroxylation is 1. The molecular formula is C17H22N4O3S3. The molecule has 0 bridgehead atoms. The van der Waals surface area contributed by atoms with Crippen molar-refractivity contribution in [2.45, 2.75) is 43.2 Å². The van der Waals surface area contributed by atoms with Crippen molar-refractivity contribution in [1.82, 2.24) is 10.2 Å². The lowest BCUT2D eigenvalue weighted by Gasteiger charge is -2.29. The van der Waals surface area contributed by atoms with E-state index in [9.17, 15) is 13.2 Å². The van der Waals surface area contributed by atoms with Crippen molar-refractivity contribution in [3.05, 3.63) is 29.3 Å². The SMILES string of the molecule is Cc1ccc(C(=O)Nc2nnc(SC(C)C)s2)cc1N1CCCCS1(=O)=O. The molecule has 27 heavy (non-hydrogen) atoms. The summed E-state index contributed by atoms with van der Waals surface area (Å²) in [4.78, 5) is 12.6. The molecule has 0 unspecified atom stereocenters. The number of aromatic nitrogens is 2. The summed E-state index contributed by atoms with van der Waals surface area (Å²) in [7, 11) is -3.33. The Morgan fingerprint density at radius 3 is 2.78 bits per heavy atom. The number of carbonyl (C=O) groups excluding carboxylic acids is 1. The average Bonchev–Trinajstić information content (AvgIpc) is 3.01. The summed E-state index contributed by atoms with van der Waals surface area (Å²) in [6.45, 7) is 6.42. The van der Waals surface area contributed by atoms with E-state index in [1.54, 1.807) is 30.0 Å². The van der Waals surface area contributed by atoms with Crippen molar-refractivity contribution < 1.29 is 13.2 Å². The van der Waals surface area contributed by atoms with Crippen LogP contribution in [0.25, 0.3) is 0 Å². The van der Waals surface area contributed by atoms with E-state index in [0.29, 0.717) is 34.6 Å². The largest absolute Gasteiger partial charge is 0.296 e. The molecule has 0 radical (unpaired) electrons. The molecule has 1 N–H and O–H groups in total. The van der Waals surface area contributed by atoms with Crippen molar-refractivity contribution >= 4 is 49.8 Å². The van der Waals surface area contributed by atoms with Gasteiger partial charge in [-0.05, 0) is 37.5 Å². The van der Waals surface area contributed by atoms with Gasteiger partial charge in [0.1, 0.15) is 0 Å². The molecule has 146 valence electrons. The smallest absolute Gasteiger partial charge is 0.257 e. The van der Waals surface area contributed by atoms with Crippen LogP contribution in [0.2, 0.25) is 0 Å². The summed E-state index contributed by atoms with van der Waals surface area (Å²) >= 11 is 2.91. The first kappa shape index (κ1) is 20.1. The molecule has 2 aromatic rings. The number of hydrogen-bond donors (Lipinski definition) is 1. The Morgan fingerprint density at radius 1 is 1.30 bits per heavy atom. The van der Waals surface area contributed by atoms with E-state index in [1.165, 1.54) is 15.6 Å². The molecule has 0 aliphatic carbocycles. The fraction of sp³-hybridized carbons (Fsp3) is 0.471. The summed E-state index contributed by atoms with van der Waals surface area (Å²) in [5.41, 5.74) is 1.78. The Hall–Kier alpha value is -1.65. The maximum atomic E-state index is 12.6. The lowest BCUT2D eigenvalue weighted by Crippen LogP contribution is -2.38. The van der Waals surface area contributed by atoms with Crippen LogP contribution >= 0.6 is 23.1 Å². The number of carbonyl (C=O) groups is 1. The zero-order valence-electron chi connectivity index (χ0n) is 15.4. The van der Waals surface area contributed by atoms with Gasteiger partial charge in [0.2, 0.25) is 15.2 Å². The molecule has 1 fully saturated rings. The maximum Gasteiger partial charge on any atom is 0.257 e. The number of amides is 1. The van der Waals surface area contributed by atoms with Gasteiger partial charge >= 0.3 is 0 Å². The van der Waals surface area contributed by atoms with E-state index in [0.717, 1.165) is 16.3 Å². The molecule has 1 aromatic heterocycles. The van der Waals surface area contributed by atoms with Crippen molar-refractivity contribution in [3.63, 3.8) is 0 Å². The summed E-state index contributed by atoms with van der Waals surface area (Å²) in [6.07, 6.45) is 1.49. The summed E-state index contributed by atoms with van der Waals surface area (Å²) in [5.74, 6) is -0.188. The number of thioether (sulfide) groups is 1. The second kappa shape index (κ2) is 8.15. The third-order valence-electron chi connectivity index (χ3n) is 4.05. The number of anilines is 2. The van der Waals surface area contributed by atoms with Crippen LogP contribution in [0.5, 0.6) is 0 Å². The minimum absolute atomic E-state index is 0.143. The number of nitrogens with one attached hydrogen (secondary N) is 1. The van der Waals surface area contributed by atoms with E-state index in [1.807, 2.05) is 6.92 Å². The summed E-state index contributed by atoms with van der Waals surface area (Å²) < 4.78 is 27.0. The average molecular weight is 427 g/mol. The zero-order chi connectivity index (χ0) is 19.6. The molecule has 1 aromatic carbocycles. The zero-order valence-corrected chi connectivity index (χ0v) is 17.9. The summed E-state index contributed by atoms with van der Waals surface area (Å²) in [6, 6.07) is 5.10. The Kier molecular flexibility index (Phi) is 6.07. The van der Waals surface area contributed by atoms with Crippen LogP contribution in [-0.2, 0) is 10.0 Å². The van der Waals surface area contributed by atoms with Gasteiger partial charge in [0.25, 0.3) is 5.91 Å². The minimum atomic E-state index is -3.33. The Balaban J connectivity index is 1.81.